The second-order valence-corrected chi connectivity index (χ2v) is 8.06. The van der Waals surface area contributed by atoms with E-state index in [4.69, 9.17) is 18.7 Å². The first-order chi connectivity index (χ1) is 15.7. The van der Waals surface area contributed by atoms with Gasteiger partial charge in [-0.15, -0.1) is 10.2 Å². The molecule has 0 aliphatic carbocycles. The van der Waals surface area contributed by atoms with Crippen molar-refractivity contribution in [3.05, 3.63) is 17.6 Å². The number of thioether (sulfide) groups is 1. The van der Waals surface area contributed by atoms with Crippen LogP contribution < -0.4 is 5.43 Å². The minimum Gasteiger partial charge on any atom is -0.463 e. The Morgan fingerprint density at radius 1 is 1.33 bits per heavy atom. The number of hydrazone groups is 1. The Balaban J connectivity index is 1.52. The minimum atomic E-state index is -1.66. The smallest absolute Gasteiger partial charge is 0.277 e. The number of carbonyl (C=O) groups excluding carboxylic acids is 1. The highest BCUT2D eigenvalue weighted by Gasteiger charge is 2.38. The Morgan fingerprint density at radius 3 is 2.76 bits per heavy atom. The summed E-state index contributed by atoms with van der Waals surface area (Å²) in [6.45, 7) is 0.892. The monoisotopic (exact) mass is 488 g/mol. The molecule has 33 heavy (non-hydrogen) atoms. The van der Waals surface area contributed by atoms with Crippen LogP contribution in [0.25, 0.3) is 11.5 Å². The van der Waals surface area contributed by atoms with Crippen molar-refractivity contribution in [3.8, 4) is 11.5 Å². The first kappa shape index (κ1) is 25.3. The molecule has 0 bridgehead atoms. The lowest BCUT2D eigenvalue weighted by atomic mass is 10.1. The molecule has 3 rings (SSSR count). The number of hydrogen-bond donors (Lipinski definition) is 7. The largest absolute Gasteiger partial charge is 0.463 e. The number of aryl methyl sites for hydroxylation is 1. The normalized spacial score (nSPS) is 23.7. The summed E-state index contributed by atoms with van der Waals surface area (Å²) >= 11 is 0.917. The number of rotatable bonds is 10. The molecule has 7 N–H and O–H groups in total. The molecule has 14 nitrogen and oxygen atoms in total. The van der Waals surface area contributed by atoms with Crippen LogP contribution in [0.5, 0.6) is 0 Å². The summed E-state index contributed by atoms with van der Waals surface area (Å²) < 4.78 is 16.5. The molecule has 2 aromatic heterocycles. The SMILES string of the molecule is Cc1oc([C@@H]2OC[C@@H](O)[C@H]2O)cc1-c1nnc(SCC(=O)N/N=C/[C@H](O)[C@@H](O)[C@H](O)CO)o1. The van der Waals surface area contributed by atoms with Gasteiger partial charge < -0.3 is 44.2 Å². The summed E-state index contributed by atoms with van der Waals surface area (Å²) in [5.41, 5.74) is 2.58. The minimum absolute atomic E-state index is 0.0154. The van der Waals surface area contributed by atoms with E-state index in [0.717, 1.165) is 18.0 Å². The summed E-state index contributed by atoms with van der Waals surface area (Å²) in [5.74, 6) is 0.118. The van der Waals surface area contributed by atoms with Gasteiger partial charge in [-0.3, -0.25) is 4.79 Å². The highest BCUT2D eigenvalue weighted by atomic mass is 32.2. The van der Waals surface area contributed by atoms with Crippen molar-refractivity contribution in [1.82, 2.24) is 15.6 Å². The summed E-state index contributed by atoms with van der Waals surface area (Å²) in [5, 5.41) is 67.9. The van der Waals surface area contributed by atoms with E-state index >= 15 is 0 Å². The number of aromatic nitrogens is 2. The van der Waals surface area contributed by atoms with Gasteiger partial charge in [-0.2, -0.15) is 5.10 Å². The lowest BCUT2D eigenvalue weighted by Crippen LogP contribution is -2.40. The lowest BCUT2D eigenvalue weighted by Gasteiger charge is -2.17. The van der Waals surface area contributed by atoms with E-state index in [2.05, 4.69) is 20.7 Å². The van der Waals surface area contributed by atoms with Crippen LogP contribution in [0.1, 0.15) is 17.6 Å². The van der Waals surface area contributed by atoms with Crippen LogP contribution in [-0.4, -0.2) is 102 Å². The Bertz CT molecular complexity index is 966. The summed E-state index contributed by atoms with van der Waals surface area (Å²) in [4.78, 5) is 11.9. The van der Waals surface area contributed by atoms with Gasteiger partial charge in [0.05, 0.1) is 30.7 Å². The topological polar surface area (TPSA) is 224 Å². The van der Waals surface area contributed by atoms with Crippen LogP contribution in [0, 0.1) is 6.92 Å². The molecular weight excluding hydrogens is 464 g/mol. The zero-order valence-electron chi connectivity index (χ0n) is 17.3. The summed E-state index contributed by atoms with van der Waals surface area (Å²) in [6, 6.07) is 1.57. The number of amides is 1. The average molecular weight is 488 g/mol. The van der Waals surface area contributed by atoms with E-state index in [1.54, 1.807) is 13.0 Å². The molecule has 0 aromatic carbocycles. The van der Waals surface area contributed by atoms with Gasteiger partial charge in [-0.05, 0) is 13.0 Å². The fourth-order valence-electron chi connectivity index (χ4n) is 2.86. The zero-order valence-corrected chi connectivity index (χ0v) is 18.1. The number of ether oxygens (including phenoxy) is 1. The Morgan fingerprint density at radius 2 is 2.09 bits per heavy atom. The molecule has 0 saturated carbocycles. The predicted octanol–water partition coefficient (Wildman–Crippen LogP) is -2.30. The quantitative estimate of drug-likeness (QED) is 0.106. The maximum absolute atomic E-state index is 11.9. The molecule has 0 radical (unpaired) electrons. The van der Waals surface area contributed by atoms with E-state index in [1.807, 2.05) is 0 Å². The fourth-order valence-corrected chi connectivity index (χ4v) is 3.41. The second-order valence-electron chi connectivity index (χ2n) is 7.14. The molecule has 2 aromatic rings. The number of nitrogens with one attached hydrogen (secondary N) is 1. The first-order valence-electron chi connectivity index (χ1n) is 9.73. The van der Waals surface area contributed by atoms with Crippen LogP contribution >= 0.6 is 11.8 Å². The van der Waals surface area contributed by atoms with Crippen LogP contribution in [-0.2, 0) is 9.53 Å². The molecule has 15 heteroatoms. The van der Waals surface area contributed by atoms with E-state index in [9.17, 15) is 30.3 Å². The van der Waals surface area contributed by atoms with Gasteiger partial charge in [0.25, 0.3) is 17.0 Å². The predicted molar refractivity (Wildman–Crippen MR) is 110 cm³/mol. The van der Waals surface area contributed by atoms with E-state index in [1.165, 1.54) is 0 Å². The third-order valence-electron chi connectivity index (χ3n) is 4.68. The van der Waals surface area contributed by atoms with Crippen molar-refractivity contribution in [1.29, 1.82) is 0 Å². The van der Waals surface area contributed by atoms with Crippen molar-refractivity contribution in [2.24, 2.45) is 5.10 Å². The highest BCUT2D eigenvalue weighted by Crippen LogP contribution is 2.35. The standard InChI is InChI=1S/C18H24N4O10S/c1-7-8(2-12(31-7)16-15(29)11(26)5-30-16)17-21-22-18(32-17)33-6-13(27)20-19-3-9(24)14(28)10(25)4-23/h2-3,9-11,14-16,23-26,28-29H,4-6H2,1H3,(H,20,27)/b19-3+/t9-,10+,11+,14+,15+,16-/m0/s1. The van der Waals surface area contributed by atoms with Crippen molar-refractivity contribution in [2.45, 2.75) is 48.8 Å². The van der Waals surface area contributed by atoms with Gasteiger partial charge in [-0.1, -0.05) is 11.8 Å². The van der Waals surface area contributed by atoms with Crippen LogP contribution in [0.15, 0.2) is 25.2 Å². The number of carbonyl (C=O) groups is 1. The molecule has 1 amide bonds. The number of aliphatic hydroxyl groups is 6. The molecule has 1 fully saturated rings. The van der Waals surface area contributed by atoms with Gasteiger partial charge in [0.15, 0.2) is 0 Å². The van der Waals surface area contributed by atoms with Gasteiger partial charge >= 0.3 is 0 Å². The lowest BCUT2D eigenvalue weighted by molar-refractivity contribution is -0.118. The van der Waals surface area contributed by atoms with E-state index in [0.29, 0.717) is 17.1 Å². The van der Waals surface area contributed by atoms with E-state index < -0.39 is 49.1 Å². The number of nitrogens with zero attached hydrogens (tertiary/aromatic N) is 3. The summed E-state index contributed by atoms with van der Waals surface area (Å²) in [6.07, 6.45) is -6.96. The van der Waals surface area contributed by atoms with E-state index in [-0.39, 0.29) is 23.5 Å². The molecule has 182 valence electrons. The number of aliphatic hydroxyl groups excluding tert-OH is 6. The fraction of sp³-hybridized carbons (Fsp3) is 0.556. The molecule has 1 aliphatic rings. The van der Waals surface area contributed by atoms with Crippen molar-refractivity contribution in [3.63, 3.8) is 0 Å². The molecule has 6 atom stereocenters. The van der Waals surface area contributed by atoms with Gasteiger partial charge in [0.1, 0.15) is 48.1 Å². The molecule has 3 heterocycles. The van der Waals surface area contributed by atoms with Crippen LogP contribution in [0.2, 0.25) is 0 Å². The second kappa shape index (κ2) is 11.2. The Labute approximate surface area is 190 Å². The maximum atomic E-state index is 11.9. The molecule has 1 aliphatic heterocycles. The number of hydrogen-bond acceptors (Lipinski definition) is 14. The highest BCUT2D eigenvalue weighted by molar-refractivity contribution is 7.99. The average Bonchev–Trinajstić information content (AvgIpc) is 3.50. The van der Waals surface area contributed by atoms with Crippen LogP contribution in [0.3, 0.4) is 0 Å². The van der Waals surface area contributed by atoms with Gasteiger partial charge in [0.2, 0.25) is 0 Å². The van der Waals surface area contributed by atoms with Crippen molar-refractivity contribution in [2.75, 3.05) is 19.0 Å². The Kier molecular flexibility index (Phi) is 8.55. The molecular formula is C18H24N4O10S. The summed E-state index contributed by atoms with van der Waals surface area (Å²) in [7, 11) is 0. The van der Waals surface area contributed by atoms with Crippen LogP contribution in [0.4, 0.5) is 0 Å². The van der Waals surface area contributed by atoms with Gasteiger partial charge in [-0.25, -0.2) is 5.43 Å². The van der Waals surface area contributed by atoms with Crippen molar-refractivity contribution >= 4 is 23.9 Å². The first-order valence-corrected chi connectivity index (χ1v) is 10.7. The molecule has 1 saturated heterocycles. The maximum Gasteiger partial charge on any atom is 0.277 e. The van der Waals surface area contributed by atoms with Crippen molar-refractivity contribution < 1.29 is 49.0 Å². The number of furan rings is 1. The zero-order chi connectivity index (χ0) is 24.1. The Hall–Kier alpha value is -2.37. The third kappa shape index (κ3) is 6.15. The van der Waals surface area contributed by atoms with Gasteiger partial charge in [0, 0.05) is 0 Å². The molecule has 0 unspecified atom stereocenters. The third-order valence-corrected chi connectivity index (χ3v) is 5.50. The molecule has 0 spiro atoms.